The first-order valence-electron chi connectivity index (χ1n) is 7.29. The summed E-state index contributed by atoms with van der Waals surface area (Å²) in [5.74, 6) is -1.64. The van der Waals surface area contributed by atoms with Crippen LogP contribution in [0.25, 0.3) is 0 Å². The highest BCUT2D eigenvalue weighted by molar-refractivity contribution is 7.07. The Morgan fingerprint density at radius 2 is 2.04 bits per heavy atom. The average Bonchev–Trinajstić information content (AvgIpc) is 3.02. The molecule has 132 valence electrons. The number of nitrogens with two attached hydrogens (primary N) is 1. The van der Waals surface area contributed by atoms with E-state index in [4.69, 9.17) is 5.73 Å². The SMILES string of the molecule is CCC(CCc1ccsc1)Nc1nc(N)nc(C(F)C(F)(F)F)n1. The third-order valence-corrected chi connectivity index (χ3v) is 4.10. The third kappa shape index (κ3) is 5.02. The molecule has 2 unspecified atom stereocenters. The number of alkyl halides is 4. The molecule has 2 atom stereocenters. The lowest BCUT2D eigenvalue weighted by molar-refractivity contribution is -0.184. The number of hydrogen-bond donors (Lipinski definition) is 2. The molecule has 5 nitrogen and oxygen atoms in total. The van der Waals surface area contributed by atoms with Gasteiger partial charge in [-0.05, 0) is 41.7 Å². The summed E-state index contributed by atoms with van der Waals surface area (Å²) in [7, 11) is 0. The van der Waals surface area contributed by atoms with Gasteiger partial charge < -0.3 is 11.1 Å². The predicted molar refractivity (Wildman–Crippen MR) is 84.5 cm³/mol. The predicted octanol–water partition coefficient (Wildman–Crippen LogP) is 3.91. The van der Waals surface area contributed by atoms with Gasteiger partial charge in [0.2, 0.25) is 11.9 Å². The lowest BCUT2D eigenvalue weighted by Crippen LogP contribution is -2.24. The largest absolute Gasteiger partial charge is 0.427 e. The Morgan fingerprint density at radius 3 is 2.62 bits per heavy atom. The van der Waals surface area contributed by atoms with E-state index in [0.29, 0.717) is 6.42 Å². The van der Waals surface area contributed by atoms with E-state index in [-0.39, 0.29) is 12.0 Å². The van der Waals surface area contributed by atoms with Crippen molar-refractivity contribution in [3.8, 4) is 0 Å². The zero-order valence-electron chi connectivity index (χ0n) is 12.8. The molecule has 0 bridgehead atoms. The molecule has 0 fully saturated rings. The normalized spacial score (nSPS) is 14.4. The second-order valence-electron chi connectivity index (χ2n) is 5.20. The van der Waals surface area contributed by atoms with E-state index in [0.717, 1.165) is 12.8 Å². The molecule has 2 aromatic rings. The first-order valence-corrected chi connectivity index (χ1v) is 8.23. The van der Waals surface area contributed by atoms with Crippen molar-refractivity contribution in [3.05, 3.63) is 28.2 Å². The van der Waals surface area contributed by atoms with Crippen LogP contribution in [0.1, 0.15) is 37.3 Å². The van der Waals surface area contributed by atoms with E-state index < -0.39 is 24.1 Å². The van der Waals surface area contributed by atoms with Gasteiger partial charge >= 0.3 is 6.18 Å². The van der Waals surface area contributed by atoms with Crippen LogP contribution in [0.2, 0.25) is 0 Å². The Bertz CT molecular complexity index is 647. The molecular weight excluding hydrogens is 346 g/mol. The summed E-state index contributed by atoms with van der Waals surface area (Å²) < 4.78 is 50.8. The highest BCUT2D eigenvalue weighted by Crippen LogP contribution is 2.34. The van der Waals surface area contributed by atoms with Crippen LogP contribution in [0.4, 0.5) is 29.5 Å². The van der Waals surface area contributed by atoms with Crippen molar-refractivity contribution in [3.63, 3.8) is 0 Å². The summed E-state index contributed by atoms with van der Waals surface area (Å²) in [4.78, 5) is 10.5. The number of nitrogens with one attached hydrogen (secondary N) is 1. The smallest absolute Gasteiger partial charge is 0.368 e. The Kier molecular flexibility index (Phi) is 5.92. The molecule has 2 rings (SSSR count). The third-order valence-electron chi connectivity index (χ3n) is 3.37. The van der Waals surface area contributed by atoms with E-state index in [9.17, 15) is 17.6 Å². The summed E-state index contributed by atoms with van der Waals surface area (Å²) in [6, 6.07) is 1.93. The maximum atomic E-state index is 13.4. The Labute approximate surface area is 140 Å². The first-order chi connectivity index (χ1) is 11.3. The molecule has 0 aliphatic heterocycles. The van der Waals surface area contributed by atoms with E-state index in [1.807, 2.05) is 23.8 Å². The molecule has 2 heterocycles. The van der Waals surface area contributed by atoms with Crippen LogP contribution in [0.15, 0.2) is 16.8 Å². The van der Waals surface area contributed by atoms with Crippen molar-refractivity contribution < 1.29 is 17.6 Å². The van der Waals surface area contributed by atoms with Gasteiger partial charge in [0.25, 0.3) is 6.17 Å². The number of rotatable bonds is 7. The molecular formula is C14H17F4N5S. The summed E-state index contributed by atoms with van der Waals surface area (Å²) in [6.45, 7) is 1.92. The highest BCUT2D eigenvalue weighted by Gasteiger charge is 2.44. The molecule has 0 amide bonds. The van der Waals surface area contributed by atoms with Crippen LogP contribution in [0.5, 0.6) is 0 Å². The van der Waals surface area contributed by atoms with E-state index in [1.165, 1.54) is 5.56 Å². The van der Waals surface area contributed by atoms with Crippen molar-refractivity contribution in [2.75, 3.05) is 11.1 Å². The molecule has 0 spiro atoms. The number of nitrogen functional groups attached to an aromatic ring is 1. The zero-order valence-corrected chi connectivity index (χ0v) is 13.7. The van der Waals surface area contributed by atoms with E-state index in [2.05, 4.69) is 20.3 Å². The molecule has 0 aliphatic rings. The van der Waals surface area contributed by atoms with Gasteiger partial charge in [0.1, 0.15) is 0 Å². The molecule has 0 radical (unpaired) electrons. The number of thiophene rings is 1. The molecule has 0 aliphatic carbocycles. The minimum Gasteiger partial charge on any atom is -0.368 e. The average molecular weight is 363 g/mol. The maximum Gasteiger partial charge on any atom is 0.427 e. The van der Waals surface area contributed by atoms with Gasteiger partial charge in [0, 0.05) is 6.04 Å². The van der Waals surface area contributed by atoms with Gasteiger partial charge in [-0.1, -0.05) is 6.92 Å². The van der Waals surface area contributed by atoms with Crippen LogP contribution in [-0.2, 0) is 6.42 Å². The topological polar surface area (TPSA) is 76.7 Å². The quantitative estimate of drug-likeness (QED) is 0.730. The minimum absolute atomic E-state index is 0.0801. The molecule has 0 saturated carbocycles. The van der Waals surface area contributed by atoms with Gasteiger partial charge in [-0.3, -0.25) is 0 Å². The monoisotopic (exact) mass is 363 g/mol. The molecule has 0 aromatic carbocycles. The van der Waals surface area contributed by atoms with Gasteiger partial charge in [0.05, 0.1) is 0 Å². The van der Waals surface area contributed by atoms with Gasteiger partial charge in [-0.2, -0.15) is 39.5 Å². The number of aromatic nitrogens is 3. The summed E-state index contributed by atoms with van der Waals surface area (Å²) in [5, 5.41) is 6.91. The van der Waals surface area contributed by atoms with Gasteiger partial charge in [-0.25, -0.2) is 4.39 Å². The van der Waals surface area contributed by atoms with Crippen molar-refractivity contribution in [2.45, 2.75) is 44.6 Å². The zero-order chi connectivity index (χ0) is 17.7. The maximum absolute atomic E-state index is 13.4. The highest BCUT2D eigenvalue weighted by atomic mass is 32.1. The van der Waals surface area contributed by atoms with Crippen molar-refractivity contribution in [2.24, 2.45) is 0 Å². The van der Waals surface area contributed by atoms with E-state index >= 15 is 0 Å². The second kappa shape index (κ2) is 7.73. The van der Waals surface area contributed by atoms with Crippen molar-refractivity contribution in [1.29, 1.82) is 0 Å². The van der Waals surface area contributed by atoms with E-state index in [1.54, 1.807) is 11.3 Å². The summed E-state index contributed by atoms with van der Waals surface area (Å²) in [6.07, 6.45) is -6.16. The van der Waals surface area contributed by atoms with Crippen molar-refractivity contribution >= 4 is 23.2 Å². The van der Waals surface area contributed by atoms with Crippen LogP contribution in [-0.4, -0.2) is 27.2 Å². The first kappa shape index (κ1) is 18.4. The molecule has 2 aromatic heterocycles. The van der Waals surface area contributed by atoms with Gasteiger partial charge in [0.15, 0.2) is 5.82 Å². The molecule has 24 heavy (non-hydrogen) atoms. The fraction of sp³-hybridized carbons (Fsp3) is 0.500. The summed E-state index contributed by atoms with van der Waals surface area (Å²) >= 11 is 1.59. The fourth-order valence-corrected chi connectivity index (χ4v) is 2.77. The Morgan fingerprint density at radius 1 is 1.29 bits per heavy atom. The number of hydrogen-bond acceptors (Lipinski definition) is 6. The number of aryl methyl sites for hydroxylation is 1. The molecule has 10 heteroatoms. The van der Waals surface area contributed by atoms with Crippen LogP contribution in [0.3, 0.4) is 0 Å². The van der Waals surface area contributed by atoms with Crippen LogP contribution >= 0.6 is 11.3 Å². The van der Waals surface area contributed by atoms with Gasteiger partial charge in [-0.15, -0.1) is 0 Å². The standard InChI is InChI=1S/C14H17F4N5S/c1-2-9(4-3-8-5-6-24-7-8)20-13-22-11(21-12(19)23-13)10(15)14(16,17)18/h5-7,9-10H,2-4H2,1H3,(H3,19,20,21,22,23). The van der Waals surface area contributed by atoms with Crippen LogP contribution in [0, 0.1) is 0 Å². The molecule has 3 N–H and O–H groups in total. The van der Waals surface area contributed by atoms with Crippen LogP contribution < -0.4 is 11.1 Å². The number of anilines is 2. The lowest BCUT2D eigenvalue weighted by Gasteiger charge is -2.18. The minimum atomic E-state index is -5.09. The molecule has 0 saturated heterocycles. The summed E-state index contributed by atoms with van der Waals surface area (Å²) in [5.41, 5.74) is 6.55. The Balaban J connectivity index is 2.08. The Hall–Kier alpha value is -1.97. The van der Waals surface area contributed by atoms with Crippen molar-refractivity contribution in [1.82, 2.24) is 15.0 Å². The number of halogens is 4. The second-order valence-corrected chi connectivity index (χ2v) is 5.98. The number of nitrogens with zero attached hydrogens (tertiary/aromatic N) is 3. The fourth-order valence-electron chi connectivity index (χ4n) is 2.07. The lowest BCUT2D eigenvalue weighted by atomic mass is 10.1.